The van der Waals surface area contributed by atoms with Crippen molar-refractivity contribution in [1.29, 1.82) is 0 Å². The van der Waals surface area contributed by atoms with Gasteiger partial charge >= 0.3 is 5.97 Å². The molecular weight excluding hydrogens is 684 g/mol. The lowest BCUT2D eigenvalue weighted by atomic mass is 10.1. The summed E-state index contributed by atoms with van der Waals surface area (Å²) in [4.78, 5) is 81.4. The van der Waals surface area contributed by atoms with Crippen LogP contribution in [0.1, 0.15) is 41.4 Å². The summed E-state index contributed by atoms with van der Waals surface area (Å²) in [5, 5.41) is 13.2. The largest absolute Gasteiger partial charge is 0.480 e. The number of nitrogens with two attached hydrogens (primary N) is 4. The van der Waals surface area contributed by atoms with Gasteiger partial charge in [0.1, 0.15) is 19.8 Å². The molecule has 2 aromatic rings. The Kier molecular flexibility index (Phi) is 24.8. The van der Waals surface area contributed by atoms with Crippen molar-refractivity contribution >= 4 is 41.4 Å². The van der Waals surface area contributed by atoms with Crippen LogP contribution in [0.25, 0.3) is 0 Å². The summed E-state index contributed by atoms with van der Waals surface area (Å²) < 4.78 is 14.7. The lowest BCUT2D eigenvalue weighted by molar-refractivity contribution is -0.142. The van der Waals surface area contributed by atoms with E-state index >= 15 is 0 Å². The molecule has 52 heavy (non-hydrogen) atoms. The third kappa shape index (κ3) is 16.2. The van der Waals surface area contributed by atoms with Crippen LogP contribution in [0.5, 0.6) is 0 Å². The third-order valence-electron chi connectivity index (χ3n) is 6.35. The quantitative estimate of drug-likeness (QED) is 0.0742. The molecule has 2 aliphatic heterocycles. The number of carbonyl (C=O) groups is 7. The Labute approximate surface area is 301 Å². The van der Waals surface area contributed by atoms with Crippen molar-refractivity contribution in [2.45, 2.75) is 0 Å². The lowest BCUT2D eigenvalue weighted by Gasteiger charge is -2.13. The van der Waals surface area contributed by atoms with Crippen molar-refractivity contribution in [2.75, 3.05) is 93.5 Å². The van der Waals surface area contributed by atoms with Gasteiger partial charge in [-0.25, -0.2) is 4.79 Å². The van der Waals surface area contributed by atoms with Gasteiger partial charge in [-0.1, -0.05) is 24.3 Å². The minimum atomic E-state index is -1.09. The topological polar surface area (TPSA) is 302 Å². The fourth-order valence-corrected chi connectivity index (χ4v) is 3.91. The van der Waals surface area contributed by atoms with Crippen molar-refractivity contribution in [3.05, 3.63) is 70.8 Å². The highest BCUT2D eigenvalue weighted by Crippen LogP contribution is 2.22. The first-order valence-electron chi connectivity index (χ1n) is 15.9. The Morgan fingerprint density at radius 2 is 0.885 bits per heavy atom. The van der Waals surface area contributed by atoms with E-state index in [1.165, 1.54) is 14.1 Å². The molecule has 19 nitrogen and oxygen atoms in total. The molecule has 6 amide bonds. The highest BCUT2D eigenvalue weighted by atomic mass is 16.5. The molecule has 0 bridgehead atoms. The molecule has 288 valence electrons. The minimum Gasteiger partial charge on any atom is -0.480 e. The average Bonchev–Trinajstić information content (AvgIpc) is 3.56. The standard InChI is InChI=1S/C13H14N2O4.C12H11NO5.C5H12N2O2.C2H8N2.CH5N/c1-14-11(16)8-19-7-6-15-12(17)9-4-2-3-5-10(9)13(15)18;14-10(15)7-18-6-5-13-11(16)8-3-1-2-4-9(8)12(13)17;1-7-5(8)4-9-3-2-6;3-1-2-4;1-2/h2-5H,6-8H2,1H3,(H,14,16);1-4H,5-7H2,(H,14,15);2-4,6H2,1H3,(H,7,8);1-4H2;2H2,1H3. The number of rotatable bonds is 15. The molecule has 0 unspecified atom stereocenters. The summed E-state index contributed by atoms with van der Waals surface area (Å²) in [5.74, 6) is -2.82. The maximum Gasteiger partial charge on any atom is 0.329 e. The highest BCUT2D eigenvalue weighted by Gasteiger charge is 2.35. The fraction of sp³-hybridized carbons (Fsp3) is 0.424. The molecule has 0 saturated carbocycles. The zero-order valence-corrected chi connectivity index (χ0v) is 29.6. The Morgan fingerprint density at radius 3 is 1.15 bits per heavy atom. The van der Waals surface area contributed by atoms with Gasteiger partial charge in [-0.15, -0.1) is 0 Å². The summed E-state index contributed by atoms with van der Waals surface area (Å²) in [6.07, 6.45) is 0. The van der Waals surface area contributed by atoms with Crippen LogP contribution in [0.15, 0.2) is 48.5 Å². The second-order valence-corrected chi connectivity index (χ2v) is 9.88. The van der Waals surface area contributed by atoms with E-state index in [4.69, 9.17) is 36.5 Å². The Hall–Kier alpha value is -5.15. The predicted octanol–water partition coefficient (Wildman–Crippen LogP) is -2.38. The molecule has 0 aromatic heterocycles. The van der Waals surface area contributed by atoms with E-state index < -0.39 is 12.6 Å². The number of carboxylic acid groups (broad SMARTS) is 1. The van der Waals surface area contributed by atoms with Crippen LogP contribution in [0, 0.1) is 0 Å². The Bertz CT molecular complexity index is 1390. The normalized spacial score (nSPS) is 12.1. The van der Waals surface area contributed by atoms with Gasteiger partial charge in [-0.2, -0.15) is 0 Å². The van der Waals surface area contributed by atoms with Gasteiger partial charge in [0.15, 0.2) is 0 Å². The molecule has 0 aliphatic carbocycles. The average molecular weight is 735 g/mol. The van der Waals surface area contributed by atoms with Gasteiger partial charge in [0.25, 0.3) is 23.6 Å². The summed E-state index contributed by atoms with van der Waals surface area (Å²) in [6, 6.07) is 13.2. The number of benzene rings is 2. The lowest BCUT2D eigenvalue weighted by Crippen LogP contribution is -2.34. The van der Waals surface area contributed by atoms with Crippen LogP contribution in [0.4, 0.5) is 0 Å². The van der Waals surface area contributed by atoms with Crippen molar-refractivity contribution < 1.29 is 52.9 Å². The number of hydrogen-bond acceptors (Lipinski definition) is 14. The smallest absolute Gasteiger partial charge is 0.329 e. The molecule has 0 atom stereocenters. The molecular formula is C33H50N8O11. The number of nitrogens with zero attached hydrogens (tertiary/aromatic N) is 2. The molecule has 4 rings (SSSR count). The van der Waals surface area contributed by atoms with Crippen molar-refractivity contribution in [3.8, 4) is 0 Å². The van der Waals surface area contributed by atoms with Gasteiger partial charge in [0.2, 0.25) is 11.8 Å². The summed E-state index contributed by atoms with van der Waals surface area (Å²) in [6.45, 7) is 2.01. The zero-order valence-electron chi connectivity index (χ0n) is 29.6. The van der Waals surface area contributed by atoms with Crippen LogP contribution in [0.2, 0.25) is 0 Å². The van der Waals surface area contributed by atoms with Crippen molar-refractivity contribution in [2.24, 2.45) is 22.9 Å². The molecule has 19 heteroatoms. The third-order valence-corrected chi connectivity index (χ3v) is 6.35. The summed E-state index contributed by atoms with van der Waals surface area (Å²) >= 11 is 0. The summed E-state index contributed by atoms with van der Waals surface area (Å²) in [5.41, 5.74) is 21.0. The number of fused-ring (bicyclic) bond motifs is 2. The number of hydrogen-bond donors (Lipinski definition) is 7. The van der Waals surface area contributed by atoms with Crippen LogP contribution in [0.3, 0.4) is 0 Å². The first kappa shape index (κ1) is 46.9. The van der Waals surface area contributed by atoms with E-state index in [2.05, 4.69) is 16.4 Å². The Balaban J connectivity index is 0.000000731. The number of imide groups is 2. The fourth-order valence-electron chi connectivity index (χ4n) is 3.91. The molecule has 2 aliphatic rings. The van der Waals surface area contributed by atoms with Crippen LogP contribution < -0.4 is 33.6 Å². The predicted molar refractivity (Wildman–Crippen MR) is 189 cm³/mol. The summed E-state index contributed by atoms with van der Waals surface area (Å²) in [7, 11) is 4.57. The van der Waals surface area contributed by atoms with E-state index in [-0.39, 0.29) is 75.0 Å². The van der Waals surface area contributed by atoms with Crippen LogP contribution in [-0.2, 0) is 28.6 Å². The monoisotopic (exact) mass is 734 g/mol. The SMILES string of the molecule is CN.CNC(=O)COCCN.CNC(=O)COCCN1C(=O)c2ccccc2C1=O.NCCN.O=C(O)COCCN1C(=O)c2ccccc2C1=O. The maximum atomic E-state index is 12.0. The second kappa shape index (κ2) is 27.6. The van der Waals surface area contributed by atoms with Crippen molar-refractivity contribution in [3.63, 3.8) is 0 Å². The van der Waals surface area contributed by atoms with Crippen LogP contribution >= 0.6 is 0 Å². The zero-order chi connectivity index (χ0) is 39.5. The number of aliphatic carboxylic acids is 1. The number of nitrogens with one attached hydrogen (secondary N) is 2. The molecule has 0 radical (unpaired) electrons. The maximum absolute atomic E-state index is 12.0. The van der Waals surface area contributed by atoms with Gasteiger partial charge in [0, 0.05) is 33.7 Å². The van der Waals surface area contributed by atoms with Gasteiger partial charge in [-0.3, -0.25) is 38.6 Å². The van der Waals surface area contributed by atoms with Crippen LogP contribution in [-0.4, -0.2) is 150 Å². The highest BCUT2D eigenvalue weighted by molar-refractivity contribution is 6.22. The molecule has 2 heterocycles. The van der Waals surface area contributed by atoms with Gasteiger partial charge < -0.3 is 52.9 Å². The molecule has 0 fully saturated rings. The van der Waals surface area contributed by atoms with E-state index in [0.29, 0.717) is 48.5 Å². The number of ether oxygens (including phenoxy) is 3. The number of likely N-dealkylation sites (N-methyl/N-ethyl adjacent to an activating group) is 2. The minimum absolute atomic E-state index is 0.0117. The van der Waals surface area contributed by atoms with E-state index in [1.54, 1.807) is 55.6 Å². The molecule has 0 saturated heterocycles. The van der Waals surface area contributed by atoms with E-state index in [9.17, 15) is 33.6 Å². The first-order chi connectivity index (χ1) is 25.0. The molecule has 2 aromatic carbocycles. The van der Waals surface area contributed by atoms with E-state index in [0.717, 1.165) is 9.80 Å². The number of amides is 6. The number of carbonyl (C=O) groups excluding carboxylic acids is 6. The van der Waals surface area contributed by atoms with Gasteiger partial charge in [-0.05, 0) is 31.3 Å². The Morgan fingerprint density at radius 1 is 0.577 bits per heavy atom. The van der Waals surface area contributed by atoms with Gasteiger partial charge in [0.05, 0.1) is 55.2 Å². The van der Waals surface area contributed by atoms with E-state index in [1.807, 2.05) is 0 Å². The first-order valence-corrected chi connectivity index (χ1v) is 15.9. The second-order valence-electron chi connectivity index (χ2n) is 9.88. The molecule has 0 spiro atoms. The number of carboxylic acids is 1. The molecule has 11 N–H and O–H groups in total. The van der Waals surface area contributed by atoms with Crippen molar-refractivity contribution in [1.82, 2.24) is 20.4 Å².